The molecule has 1 heterocycles. The Morgan fingerprint density at radius 3 is 2.35 bits per heavy atom. The van der Waals surface area contributed by atoms with Crippen molar-refractivity contribution >= 4 is 11.7 Å². The summed E-state index contributed by atoms with van der Waals surface area (Å²) in [5, 5.41) is 11.5. The van der Waals surface area contributed by atoms with Gasteiger partial charge < -0.3 is 20.6 Å². The Kier molecular flexibility index (Phi) is 5.80. The molecule has 1 rings (SSSR count). The van der Waals surface area contributed by atoms with E-state index in [0.29, 0.717) is 13.0 Å². The number of amides is 1. The minimum atomic E-state index is -0.125. The van der Waals surface area contributed by atoms with Crippen molar-refractivity contribution in [2.24, 2.45) is 22.7 Å². The lowest BCUT2D eigenvalue weighted by atomic mass is 9.88. The van der Waals surface area contributed by atoms with Crippen LogP contribution in [0.4, 0.5) is 0 Å². The van der Waals surface area contributed by atoms with E-state index in [1.54, 1.807) is 4.90 Å². The number of nitrogens with two attached hydrogens (primary N) is 1. The van der Waals surface area contributed by atoms with Crippen molar-refractivity contribution in [2.45, 2.75) is 59.3 Å². The molecular weight excluding hydrogens is 258 g/mol. The maximum atomic E-state index is 12.8. The molecule has 3 N–H and O–H groups in total. The van der Waals surface area contributed by atoms with Crippen molar-refractivity contribution in [3.8, 4) is 0 Å². The molecule has 0 aliphatic carbocycles. The smallest absolute Gasteiger partial charge is 0.228 e. The van der Waals surface area contributed by atoms with Crippen molar-refractivity contribution in [2.75, 3.05) is 6.54 Å². The van der Waals surface area contributed by atoms with E-state index in [1.807, 2.05) is 27.7 Å². The highest BCUT2D eigenvalue weighted by molar-refractivity contribution is 5.83. The van der Waals surface area contributed by atoms with Gasteiger partial charge in [0.25, 0.3) is 0 Å². The molecule has 1 aliphatic heterocycles. The summed E-state index contributed by atoms with van der Waals surface area (Å²) in [4.78, 5) is 14.5. The van der Waals surface area contributed by atoms with Crippen LogP contribution in [-0.4, -0.2) is 46.6 Å². The van der Waals surface area contributed by atoms with E-state index < -0.39 is 0 Å². The van der Waals surface area contributed by atoms with E-state index in [4.69, 9.17) is 15.7 Å². The summed E-state index contributed by atoms with van der Waals surface area (Å²) in [6.07, 6.45) is 0.390. The van der Waals surface area contributed by atoms with Crippen molar-refractivity contribution < 1.29 is 14.7 Å². The molecule has 4 atom stereocenters. The number of rotatable bonds is 5. The lowest BCUT2D eigenvalue weighted by molar-refractivity contribution is -0.139. The molecule has 0 radical (unpaired) electrons. The number of ether oxygens (including phenoxy) is 1. The second-order valence-electron chi connectivity index (χ2n) is 5.90. The zero-order chi connectivity index (χ0) is 15.4. The second-order valence-corrected chi connectivity index (χ2v) is 5.90. The van der Waals surface area contributed by atoms with Crippen LogP contribution in [0.1, 0.15) is 41.0 Å². The first kappa shape index (κ1) is 16.8. The average Bonchev–Trinajstić information content (AvgIpc) is 2.62. The van der Waals surface area contributed by atoms with E-state index >= 15 is 0 Å². The number of hydrogen-bond acceptors (Lipinski definition) is 4. The van der Waals surface area contributed by atoms with Crippen LogP contribution in [-0.2, 0) is 9.53 Å². The SMILES string of the molecule is CC1OC(C)C(C(=O)N(CCC(N)=NO)C(C)C)C1C. The van der Waals surface area contributed by atoms with Gasteiger partial charge in [0.1, 0.15) is 5.84 Å². The van der Waals surface area contributed by atoms with Crippen LogP contribution < -0.4 is 5.73 Å². The highest BCUT2D eigenvalue weighted by Gasteiger charge is 2.43. The predicted molar refractivity (Wildman–Crippen MR) is 77.5 cm³/mol. The molecule has 0 aromatic rings. The number of oxime groups is 1. The largest absolute Gasteiger partial charge is 0.409 e. The van der Waals surface area contributed by atoms with Crippen LogP contribution >= 0.6 is 0 Å². The summed E-state index contributed by atoms with van der Waals surface area (Å²) >= 11 is 0. The molecule has 1 fully saturated rings. The Morgan fingerprint density at radius 1 is 1.35 bits per heavy atom. The normalized spacial score (nSPS) is 30.8. The van der Waals surface area contributed by atoms with Crippen LogP contribution in [0.5, 0.6) is 0 Å². The van der Waals surface area contributed by atoms with E-state index in [2.05, 4.69) is 12.1 Å². The molecular formula is C14H27N3O3. The van der Waals surface area contributed by atoms with Gasteiger partial charge in [0, 0.05) is 19.0 Å². The highest BCUT2D eigenvalue weighted by atomic mass is 16.5. The molecule has 0 aromatic heterocycles. The monoisotopic (exact) mass is 285 g/mol. The van der Waals surface area contributed by atoms with Crippen molar-refractivity contribution in [3.63, 3.8) is 0 Å². The van der Waals surface area contributed by atoms with Crippen molar-refractivity contribution in [3.05, 3.63) is 0 Å². The summed E-state index contributed by atoms with van der Waals surface area (Å²) in [6.45, 7) is 10.4. The number of amidine groups is 1. The zero-order valence-electron chi connectivity index (χ0n) is 13.0. The summed E-state index contributed by atoms with van der Waals surface area (Å²) in [5.41, 5.74) is 5.49. The molecule has 0 spiro atoms. The summed E-state index contributed by atoms with van der Waals surface area (Å²) < 4.78 is 5.75. The van der Waals surface area contributed by atoms with Gasteiger partial charge in [-0.1, -0.05) is 12.1 Å². The Hall–Kier alpha value is -1.30. The van der Waals surface area contributed by atoms with Gasteiger partial charge in [0.2, 0.25) is 5.91 Å². The Morgan fingerprint density at radius 2 is 1.95 bits per heavy atom. The highest BCUT2D eigenvalue weighted by Crippen LogP contribution is 2.33. The van der Waals surface area contributed by atoms with E-state index in [0.717, 1.165) is 0 Å². The quantitative estimate of drug-likeness (QED) is 0.346. The fourth-order valence-corrected chi connectivity index (χ4v) is 2.79. The van der Waals surface area contributed by atoms with E-state index in [1.165, 1.54) is 0 Å². The summed E-state index contributed by atoms with van der Waals surface area (Å²) in [7, 11) is 0. The van der Waals surface area contributed by atoms with E-state index in [-0.39, 0.29) is 41.8 Å². The molecule has 1 amide bonds. The lowest BCUT2D eigenvalue weighted by Crippen LogP contribution is -2.45. The Labute approximate surface area is 120 Å². The Bertz CT molecular complexity index is 371. The first-order valence-corrected chi connectivity index (χ1v) is 7.21. The number of carbonyl (C=O) groups is 1. The van der Waals surface area contributed by atoms with Gasteiger partial charge in [-0.15, -0.1) is 0 Å². The minimum absolute atomic E-state index is 0.0717. The molecule has 0 saturated carbocycles. The van der Waals surface area contributed by atoms with Crippen LogP contribution in [0.25, 0.3) is 0 Å². The molecule has 6 heteroatoms. The van der Waals surface area contributed by atoms with Gasteiger partial charge in [-0.3, -0.25) is 4.79 Å². The molecule has 1 saturated heterocycles. The molecule has 4 unspecified atom stereocenters. The first-order valence-electron chi connectivity index (χ1n) is 7.21. The van der Waals surface area contributed by atoms with Gasteiger partial charge >= 0.3 is 0 Å². The average molecular weight is 285 g/mol. The van der Waals surface area contributed by atoms with Gasteiger partial charge in [-0.05, 0) is 33.6 Å². The van der Waals surface area contributed by atoms with Gasteiger partial charge in [-0.25, -0.2) is 0 Å². The zero-order valence-corrected chi connectivity index (χ0v) is 13.0. The molecule has 6 nitrogen and oxygen atoms in total. The lowest BCUT2D eigenvalue weighted by Gasteiger charge is -2.31. The number of hydrogen-bond donors (Lipinski definition) is 2. The molecule has 0 bridgehead atoms. The fourth-order valence-electron chi connectivity index (χ4n) is 2.79. The third kappa shape index (κ3) is 3.62. The van der Waals surface area contributed by atoms with Crippen LogP contribution in [0.15, 0.2) is 5.16 Å². The van der Waals surface area contributed by atoms with Crippen molar-refractivity contribution in [1.82, 2.24) is 4.90 Å². The maximum absolute atomic E-state index is 12.8. The van der Waals surface area contributed by atoms with Crippen molar-refractivity contribution in [1.29, 1.82) is 0 Å². The minimum Gasteiger partial charge on any atom is -0.409 e. The predicted octanol–water partition coefficient (Wildman–Crippen LogP) is 1.42. The topological polar surface area (TPSA) is 88.2 Å². The van der Waals surface area contributed by atoms with Crippen LogP contribution in [0, 0.1) is 11.8 Å². The van der Waals surface area contributed by atoms with Gasteiger partial charge in [0.15, 0.2) is 0 Å². The molecule has 1 aliphatic rings. The third-order valence-corrected chi connectivity index (χ3v) is 4.17. The standard InChI is InChI=1S/C14H27N3O3/c1-8(2)17(7-6-12(15)16-19)14(18)13-9(3)10(4)20-11(13)5/h8-11,13,19H,6-7H2,1-5H3,(H2,15,16). The van der Waals surface area contributed by atoms with Gasteiger partial charge in [0.05, 0.1) is 18.1 Å². The number of carbonyl (C=O) groups excluding carboxylic acids is 1. The van der Waals surface area contributed by atoms with E-state index in [9.17, 15) is 4.79 Å². The molecule has 20 heavy (non-hydrogen) atoms. The first-order chi connectivity index (χ1) is 9.29. The Balaban J connectivity index is 2.79. The fraction of sp³-hybridized carbons (Fsp3) is 0.857. The second kappa shape index (κ2) is 6.92. The number of nitrogens with zero attached hydrogens (tertiary/aromatic N) is 2. The maximum Gasteiger partial charge on any atom is 0.228 e. The molecule has 0 aromatic carbocycles. The third-order valence-electron chi connectivity index (χ3n) is 4.17. The van der Waals surface area contributed by atoms with Gasteiger partial charge in [-0.2, -0.15) is 0 Å². The van der Waals surface area contributed by atoms with Crippen LogP contribution in [0.3, 0.4) is 0 Å². The summed E-state index contributed by atoms with van der Waals surface area (Å²) in [6, 6.07) is 0.0734. The summed E-state index contributed by atoms with van der Waals surface area (Å²) in [5.74, 6) is 0.304. The molecule has 116 valence electrons. The van der Waals surface area contributed by atoms with Crippen LogP contribution in [0.2, 0.25) is 0 Å².